The molecule has 4 heteroatoms. The van der Waals surface area contributed by atoms with E-state index in [2.05, 4.69) is 39.3 Å². The molecule has 2 N–H and O–H groups in total. The maximum atomic E-state index is 5.91. The van der Waals surface area contributed by atoms with Gasteiger partial charge in [-0.3, -0.25) is 0 Å². The number of nitrogens with zero attached hydrogens (tertiary/aromatic N) is 2. The van der Waals surface area contributed by atoms with Gasteiger partial charge in [0.25, 0.3) is 0 Å². The number of rotatable bonds is 5. The predicted octanol–water partition coefficient (Wildman–Crippen LogP) is 2.83. The highest BCUT2D eigenvalue weighted by atomic mass is 79.9. The van der Waals surface area contributed by atoms with Crippen LogP contribution in [0.5, 0.6) is 0 Å². The average Bonchev–Trinajstić information content (AvgIpc) is 2.17. The Bertz CT molecular complexity index is 339. The molecule has 0 spiro atoms. The van der Waals surface area contributed by atoms with Gasteiger partial charge in [0.1, 0.15) is 0 Å². The number of anilines is 2. The summed E-state index contributed by atoms with van der Waals surface area (Å²) in [4.78, 5) is 6.44. The van der Waals surface area contributed by atoms with Crippen molar-refractivity contribution in [1.82, 2.24) is 4.98 Å². The second-order valence-corrected chi connectivity index (χ2v) is 4.22. The Morgan fingerprint density at radius 3 is 2.93 bits per heavy atom. The van der Waals surface area contributed by atoms with E-state index in [1.807, 2.05) is 12.1 Å². The first-order chi connectivity index (χ1) is 7.19. The highest BCUT2D eigenvalue weighted by molar-refractivity contribution is 9.10. The van der Waals surface area contributed by atoms with Gasteiger partial charge in [-0.25, -0.2) is 4.98 Å². The summed E-state index contributed by atoms with van der Waals surface area (Å²) in [6.45, 7) is 7.57. The van der Waals surface area contributed by atoms with Crippen LogP contribution >= 0.6 is 15.9 Å². The largest absolute Gasteiger partial charge is 0.396 e. The molecule has 0 amide bonds. The summed E-state index contributed by atoms with van der Waals surface area (Å²) in [5.41, 5.74) is 6.61. The van der Waals surface area contributed by atoms with Crippen molar-refractivity contribution in [2.24, 2.45) is 0 Å². The average molecular weight is 270 g/mol. The summed E-state index contributed by atoms with van der Waals surface area (Å²) in [6, 6.07) is 1.87. The first-order valence-electron chi connectivity index (χ1n) is 4.96. The number of nitrogen functional groups attached to an aromatic ring is 1. The molecule has 3 nitrogen and oxygen atoms in total. The van der Waals surface area contributed by atoms with E-state index in [1.54, 1.807) is 6.20 Å². The van der Waals surface area contributed by atoms with E-state index in [-0.39, 0.29) is 0 Å². The fourth-order valence-electron chi connectivity index (χ4n) is 1.42. The minimum atomic E-state index is 0.694. The molecule has 0 unspecified atom stereocenters. The summed E-state index contributed by atoms with van der Waals surface area (Å²) in [7, 11) is 0. The van der Waals surface area contributed by atoms with Crippen molar-refractivity contribution in [2.45, 2.75) is 13.3 Å². The number of aromatic nitrogens is 1. The van der Waals surface area contributed by atoms with E-state index in [9.17, 15) is 0 Å². The van der Waals surface area contributed by atoms with Crippen molar-refractivity contribution in [1.29, 1.82) is 0 Å². The van der Waals surface area contributed by atoms with Crippen molar-refractivity contribution in [3.05, 3.63) is 29.4 Å². The molecular formula is C11H16BrN3. The molecule has 0 fully saturated rings. The SMILES string of the molecule is C=CCN(CCC)c1ncc(Br)cc1N. The van der Waals surface area contributed by atoms with Gasteiger partial charge >= 0.3 is 0 Å². The Labute approximate surface area is 99.1 Å². The van der Waals surface area contributed by atoms with Crippen LogP contribution in [0.15, 0.2) is 29.4 Å². The van der Waals surface area contributed by atoms with E-state index in [4.69, 9.17) is 5.73 Å². The summed E-state index contributed by atoms with van der Waals surface area (Å²) in [5.74, 6) is 0.833. The Morgan fingerprint density at radius 1 is 1.67 bits per heavy atom. The number of hydrogen-bond donors (Lipinski definition) is 1. The Kier molecular flexibility index (Phi) is 4.62. The molecular weight excluding hydrogens is 254 g/mol. The van der Waals surface area contributed by atoms with Crippen LogP contribution in [-0.2, 0) is 0 Å². The van der Waals surface area contributed by atoms with E-state index in [0.717, 1.165) is 29.8 Å². The number of hydrogen-bond acceptors (Lipinski definition) is 3. The van der Waals surface area contributed by atoms with Crippen molar-refractivity contribution >= 4 is 27.4 Å². The van der Waals surface area contributed by atoms with E-state index >= 15 is 0 Å². The van der Waals surface area contributed by atoms with Crippen LogP contribution in [-0.4, -0.2) is 18.1 Å². The lowest BCUT2D eigenvalue weighted by Gasteiger charge is -2.22. The van der Waals surface area contributed by atoms with Crippen molar-refractivity contribution in [2.75, 3.05) is 23.7 Å². The molecule has 82 valence electrons. The molecule has 0 saturated carbocycles. The van der Waals surface area contributed by atoms with Crippen LogP contribution in [0.25, 0.3) is 0 Å². The summed E-state index contributed by atoms with van der Waals surface area (Å²) in [6.07, 6.45) is 4.68. The molecule has 0 bridgehead atoms. The van der Waals surface area contributed by atoms with Crippen molar-refractivity contribution in [3.8, 4) is 0 Å². The van der Waals surface area contributed by atoms with E-state index in [0.29, 0.717) is 5.69 Å². The number of nitrogens with two attached hydrogens (primary N) is 1. The maximum Gasteiger partial charge on any atom is 0.152 e. The van der Waals surface area contributed by atoms with Gasteiger partial charge < -0.3 is 10.6 Å². The monoisotopic (exact) mass is 269 g/mol. The van der Waals surface area contributed by atoms with Crippen LogP contribution in [0.1, 0.15) is 13.3 Å². The van der Waals surface area contributed by atoms with Gasteiger partial charge in [-0.05, 0) is 28.4 Å². The van der Waals surface area contributed by atoms with Gasteiger partial charge in [-0.2, -0.15) is 0 Å². The molecule has 1 heterocycles. The van der Waals surface area contributed by atoms with Crippen LogP contribution in [0.4, 0.5) is 11.5 Å². The highest BCUT2D eigenvalue weighted by Gasteiger charge is 2.09. The highest BCUT2D eigenvalue weighted by Crippen LogP contribution is 2.23. The topological polar surface area (TPSA) is 42.2 Å². The first-order valence-corrected chi connectivity index (χ1v) is 5.75. The second kappa shape index (κ2) is 5.75. The van der Waals surface area contributed by atoms with Gasteiger partial charge in [-0.15, -0.1) is 6.58 Å². The number of halogens is 1. The summed E-state index contributed by atoms with van der Waals surface area (Å²) < 4.78 is 0.902. The van der Waals surface area contributed by atoms with E-state index < -0.39 is 0 Å². The summed E-state index contributed by atoms with van der Waals surface area (Å²) >= 11 is 3.34. The predicted molar refractivity (Wildman–Crippen MR) is 69.1 cm³/mol. The molecule has 1 aromatic heterocycles. The van der Waals surface area contributed by atoms with Crippen LogP contribution < -0.4 is 10.6 Å². The Hall–Kier alpha value is -1.03. The molecule has 0 radical (unpaired) electrons. The molecule has 1 rings (SSSR count). The quantitative estimate of drug-likeness (QED) is 0.836. The molecule has 0 aliphatic carbocycles. The molecule has 0 aromatic carbocycles. The van der Waals surface area contributed by atoms with Crippen LogP contribution in [0, 0.1) is 0 Å². The van der Waals surface area contributed by atoms with Crippen molar-refractivity contribution in [3.63, 3.8) is 0 Å². The Balaban J connectivity index is 2.94. The van der Waals surface area contributed by atoms with Gasteiger partial charge in [0.2, 0.25) is 0 Å². The van der Waals surface area contributed by atoms with Crippen molar-refractivity contribution < 1.29 is 0 Å². The minimum Gasteiger partial charge on any atom is -0.396 e. The van der Waals surface area contributed by atoms with Gasteiger partial charge in [-0.1, -0.05) is 13.0 Å². The molecule has 0 aliphatic rings. The molecule has 1 aromatic rings. The zero-order chi connectivity index (χ0) is 11.3. The second-order valence-electron chi connectivity index (χ2n) is 3.30. The van der Waals surface area contributed by atoms with E-state index in [1.165, 1.54) is 0 Å². The molecule has 0 saturated heterocycles. The molecule has 15 heavy (non-hydrogen) atoms. The Morgan fingerprint density at radius 2 is 2.40 bits per heavy atom. The standard InChI is InChI=1S/C11H16BrN3/c1-3-5-15(6-4-2)11-10(13)7-9(12)8-14-11/h3,7-8H,1,4-6,13H2,2H3. The zero-order valence-electron chi connectivity index (χ0n) is 8.91. The van der Waals surface area contributed by atoms with Gasteiger partial charge in [0.05, 0.1) is 5.69 Å². The molecule has 0 aliphatic heterocycles. The fourth-order valence-corrected chi connectivity index (χ4v) is 1.77. The van der Waals surface area contributed by atoms with Gasteiger partial charge in [0.15, 0.2) is 5.82 Å². The third kappa shape index (κ3) is 3.23. The minimum absolute atomic E-state index is 0.694. The zero-order valence-corrected chi connectivity index (χ0v) is 10.5. The third-order valence-electron chi connectivity index (χ3n) is 2.00. The molecule has 0 atom stereocenters. The first kappa shape index (κ1) is 12.0. The van der Waals surface area contributed by atoms with Gasteiger partial charge in [0, 0.05) is 23.8 Å². The lowest BCUT2D eigenvalue weighted by Crippen LogP contribution is -2.25. The lowest BCUT2D eigenvalue weighted by molar-refractivity contribution is 0.803. The summed E-state index contributed by atoms with van der Waals surface area (Å²) in [5, 5.41) is 0. The fraction of sp³-hybridized carbons (Fsp3) is 0.364. The number of pyridine rings is 1. The van der Waals surface area contributed by atoms with Crippen LogP contribution in [0.3, 0.4) is 0 Å². The third-order valence-corrected chi connectivity index (χ3v) is 2.44. The van der Waals surface area contributed by atoms with Crippen LogP contribution in [0.2, 0.25) is 0 Å². The lowest BCUT2D eigenvalue weighted by atomic mass is 10.3. The smallest absolute Gasteiger partial charge is 0.152 e. The normalized spacial score (nSPS) is 10.0. The maximum absolute atomic E-state index is 5.91.